The molecule has 0 unspecified atom stereocenters. The van der Waals surface area contributed by atoms with Crippen molar-refractivity contribution >= 4 is 44.6 Å². The Labute approximate surface area is 344 Å². The van der Waals surface area contributed by atoms with Gasteiger partial charge in [-0.3, -0.25) is 9.13 Å². The van der Waals surface area contributed by atoms with Gasteiger partial charge in [-0.05, 0) is 64.7 Å². The minimum Gasteiger partial charge on any atom is -0.295 e. The predicted octanol–water partition coefficient (Wildman–Crippen LogP) is 13.7. The SMILES string of the molecule is c1ccc(-c2cccc(-c3nc(-c4ccccc4)nc(-c4cccc(-c5cccc6c5Sc5cccc7c8c9ccccc9n(-c9ccccc9)c8n-6c57)c4)n3)c2)cc1. The molecule has 12 rings (SSSR count). The fourth-order valence-electron chi connectivity index (χ4n) is 8.71. The van der Waals surface area contributed by atoms with Crippen molar-refractivity contribution in [1.82, 2.24) is 24.1 Å². The Balaban J connectivity index is 1.04. The Morgan fingerprint density at radius 2 is 0.932 bits per heavy atom. The fraction of sp³-hybridized carbons (Fsp3) is 0. The third-order valence-electron chi connectivity index (χ3n) is 11.3. The zero-order chi connectivity index (χ0) is 38.9. The summed E-state index contributed by atoms with van der Waals surface area (Å²) in [7, 11) is 0. The zero-order valence-corrected chi connectivity index (χ0v) is 32.5. The standard InChI is InChI=1S/C53H33N5S/c1-4-16-34(17-5-1)36-20-12-22-38(32-36)51-54-50(35-18-6-2-7-19-35)55-52(56-51)39-23-13-21-37(33-39)41-27-14-30-45-49(41)59-46-31-15-28-43-47-42-26-10-11-29-44(42)57(40-24-8-3-9-25-40)53(47)58(45)48(43)46/h1-33H. The molecule has 0 saturated heterocycles. The summed E-state index contributed by atoms with van der Waals surface area (Å²) < 4.78 is 4.93. The van der Waals surface area contributed by atoms with E-state index in [1.165, 1.54) is 48.3 Å². The third-order valence-corrected chi connectivity index (χ3v) is 12.5. The smallest absolute Gasteiger partial charge is 0.164 e. The first kappa shape index (κ1) is 33.6. The Morgan fingerprint density at radius 3 is 1.68 bits per heavy atom. The average molecular weight is 772 g/mol. The molecule has 0 N–H and O–H groups in total. The van der Waals surface area contributed by atoms with Crippen LogP contribution in [0.25, 0.3) is 101 Å². The van der Waals surface area contributed by atoms with E-state index >= 15 is 0 Å². The van der Waals surface area contributed by atoms with Crippen molar-refractivity contribution in [3.05, 3.63) is 200 Å². The lowest BCUT2D eigenvalue weighted by Gasteiger charge is -2.23. The normalized spacial score (nSPS) is 12.0. The molecular weight excluding hydrogens is 739 g/mol. The molecule has 1 aliphatic rings. The number of benzene rings is 8. The van der Waals surface area contributed by atoms with Crippen LogP contribution in [0, 0.1) is 0 Å². The summed E-state index contributed by atoms with van der Waals surface area (Å²) >= 11 is 1.85. The molecule has 0 saturated carbocycles. The molecule has 0 aliphatic carbocycles. The first-order valence-electron chi connectivity index (χ1n) is 19.8. The summed E-state index contributed by atoms with van der Waals surface area (Å²) in [5.74, 6) is 1.90. The lowest BCUT2D eigenvalue weighted by atomic mass is 10.0. The molecule has 59 heavy (non-hydrogen) atoms. The van der Waals surface area contributed by atoms with Crippen molar-refractivity contribution in [2.24, 2.45) is 0 Å². The quantitative estimate of drug-likeness (QED) is 0.169. The van der Waals surface area contributed by atoms with Crippen LogP contribution in [0.1, 0.15) is 0 Å². The van der Waals surface area contributed by atoms with E-state index in [2.05, 4.69) is 185 Å². The maximum atomic E-state index is 5.16. The highest BCUT2D eigenvalue weighted by Crippen LogP contribution is 2.52. The van der Waals surface area contributed by atoms with Crippen molar-refractivity contribution in [3.63, 3.8) is 0 Å². The molecule has 0 radical (unpaired) electrons. The molecule has 3 aromatic heterocycles. The molecule has 6 heteroatoms. The van der Waals surface area contributed by atoms with E-state index in [1.807, 2.05) is 36.0 Å². The minimum absolute atomic E-state index is 0.629. The van der Waals surface area contributed by atoms with E-state index in [-0.39, 0.29) is 0 Å². The molecule has 8 aromatic carbocycles. The topological polar surface area (TPSA) is 48.5 Å². The summed E-state index contributed by atoms with van der Waals surface area (Å²) in [4.78, 5) is 17.8. The van der Waals surface area contributed by atoms with Crippen LogP contribution in [0.4, 0.5) is 0 Å². The lowest BCUT2D eigenvalue weighted by molar-refractivity contribution is 1.03. The van der Waals surface area contributed by atoms with E-state index in [0.29, 0.717) is 17.5 Å². The average Bonchev–Trinajstić information content (AvgIpc) is 3.84. The van der Waals surface area contributed by atoms with Crippen LogP contribution in [0.2, 0.25) is 0 Å². The number of fused-ring (bicyclic) bond motifs is 7. The van der Waals surface area contributed by atoms with Gasteiger partial charge in [0.15, 0.2) is 17.5 Å². The molecule has 276 valence electrons. The van der Waals surface area contributed by atoms with Gasteiger partial charge in [-0.2, -0.15) is 0 Å². The van der Waals surface area contributed by atoms with E-state index in [4.69, 9.17) is 15.0 Å². The highest BCUT2D eigenvalue weighted by molar-refractivity contribution is 8.00. The van der Waals surface area contributed by atoms with Gasteiger partial charge < -0.3 is 0 Å². The van der Waals surface area contributed by atoms with Gasteiger partial charge in [-0.1, -0.05) is 169 Å². The van der Waals surface area contributed by atoms with Gasteiger partial charge in [-0.15, -0.1) is 0 Å². The van der Waals surface area contributed by atoms with E-state index in [1.54, 1.807) is 0 Å². The van der Waals surface area contributed by atoms with Gasteiger partial charge in [0.1, 0.15) is 5.65 Å². The molecule has 0 amide bonds. The molecule has 4 heterocycles. The van der Waals surface area contributed by atoms with Crippen molar-refractivity contribution in [1.29, 1.82) is 0 Å². The van der Waals surface area contributed by atoms with Crippen LogP contribution in [-0.4, -0.2) is 24.1 Å². The van der Waals surface area contributed by atoms with Gasteiger partial charge in [0.2, 0.25) is 0 Å². The number of nitrogens with zero attached hydrogens (tertiary/aromatic N) is 5. The fourth-order valence-corrected chi connectivity index (χ4v) is 9.93. The predicted molar refractivity (Wildman–Crippen MR) is 242 cm³/mol. The Kier molecular flexibility index (Phi) is 7.71. The Hall–Kier alpha value is -7.54. The summed E-state index contributed by atoms with van der Waals surface area (Å²) in [6.45, 7) is 0. The second kappa shape index (κ2) is 13.5. The van der Waals surface area contributed by atoms with Gasteiger partial charge >= 0.3 is 0 Å². The monoisotopic (exact) mass is 771 g/mol. The minimum atomic E-state index is 0.629. The maximum absolute atomic E-state index is 5.16. The number of para-hydroxylation sites is 3. The molecule has 0 fully saturated rings. The van der Waals surface area contributed by atoms with Gasteiger partial charge in [0.25, 0.3) is 0 Å². The van der Waals surface area contributed by atoms with Crippen LogP contribution in [-0.2, 0) is 0 Å². The van der Waals surface area contributed by atoms with Crippen LogP contribution >= 0.6 is 11.8 Å². The largest absolute Gasteiger partial charge is 0.295 e. The molecule has 0 bridgehead atoms. The molecule has 1 aliphatic heterocycles. The van der Waals surface area contributed by atoms with Crippen LogP contribution < -0.4 is 0 Å². The molecule has 11 aromatic rings. The number of hydrogen-bond acceptors (Lipinski definition) is 4. The van der Waals surface area contributed by atoms with Crippen molar-refractivity contribution in [3.8, 4) is 67.8 Å². The Bertz CT molecular complexity index is 3410. The van der Waals surface area contributed by atoms with Crippen LogP contribution in [0.3, 0.4) is 0 Å². The number of aromatic nitrogens is 5. The summed E-state index contributed by atoms with van der Waals surface area (Å²) in [6.07, 6.45) is 0. The maximum Gasteiger partial charge on any atom is 0.164 e. The summed E-state index contributed by atoms with van der Waals surface area (Å²) in [5, 5.41) is 3.79. The van der Waals surface area contributed by atoms with E-state index < -0.39 is 0 Å². The van der Waals surface area contributed by atoms with E-state index in [0.717, 1.165) is 44.6 Å². The van der Waals surface area contributed by atoms with Gasteiger partial charge in [0, 0.05) is 48.3 Å². The highest BCUT2D eigenvalue weighted by atomic mass is 32.2. The van der Waals surface area contributed by atoms with Crippen molar-refractivity contribution in [2.45, 2.75) is 9.79 Å². The highest BCUT2D eigenvalue weighted by Gasteiger charge is 2.29. The molecular formula is C53H33N5S. The second-order valence-corrected chi connectivity index (χ2v) is 15.9. The Morgan fingerprint density at radius 1 is 0.390 bits per heavy atom. The third kappa shape index (κ3) is 5.45. The van der Waals surface area contributed by atoms with Crippen LogP contribution in [0.15, 0.2) is 210 Å². The lowest BCUT2D eigenvalue weighted by Crippen LogP contribution is -2.06. The molecule has 5 nitrogen and oxygen atoms in total. The zero-order valence-electron chi connectivity index (χ0n) is 31.7. The summed E-state index contributed by atoms with van der Waals surface area (Å²) in [6, 6.07) is 70.7. The first-order valence-corrected chi connectivity index (χ1v) is 20.6. The molecule has 0 spiro atoms. The van der Waals surface area contributed by atoms with Crippen molar-refractivity contribution < 1.29 is 0 Å². The first-order chi connectivity index (χ1) is 29.3. The summed E-state index contributed by atoms with van der Waals surface area (Å²) in [5.41, 5.74) is 13.3. The molecule has 0 atom stereocenters. The number of hydrogen-bond donors (Lipinski definition) is 0. The second-order valence-electron chi connectivity index (χ2n) is 14.8. The van der Waals surface area contributed by atoms with Crippen LogP contribution in [0.5, 0.6) is 0 Å². The van der Waals surface area contributed by atoms with Gasteiger partial charge in [0.05, 0.1) is 16.7 Å². The van der Waals surface area contributed by atoms with E-state index in [9.17, 15) is 0 Å². The van der Waals surface area contributed by atoms with Crippen molar-refractivity contribution in [2.75, 3.05) is 0 Å². The van der Waals surface area contributed by atoms with Gasteiger partial charge in [-0.25, -0.2) is 15.0 Å². The number of rotatable bonds is 6.